The molecule has 1 aromatic heterocycles. The fourth-order valence-electron chi connectivity index (χ4n) is 4.19. The normalized spacial score (nSPS) is 12.4. The van der Waals surface area contributed by atoms with Crippen molar-refractivity contribution in [1.29, 1.82) is 0 Å². The largest absolute Gasteiger partial charge is 0.478 e. The number of carbonyl (C=O) groups is 1. The summed E-state index contributed by atoms with van der Waals surface area (Å²) in [5.41, 5.74) is 4.93. The molecule has 3 aromatic carbocycles. The van der Waals surface area contributed by atoms with E-state index in [-0.39, 0.29) is 11.5 Å². The number of nitrogens with zero attached hydrogens (tertiary/aromatic N) is 2. The molecule has 0 saturated heterocycles. The topological polar surface area (TPSA) is 55.1 Å². The van der Waals surface area contributed by atoms with Gasteiger partial charge in [0.25, 0.3) is 0 Å². The van der Waals surface area contributed by atoms with Gasteiger partial charge in [-0.25, -0.2) is 9.78 Å². The summed E-state index contributed by atoms with van der Waals surface area (Å²) in [7, 11) is 0. The van der Waals surface area contributed by atoms with E-state index >= 15 is 0 Å². The number of fused-ring (bicyclic) bond motifs is 1. The number of halogens is 1. The van der Waals surface area contributed by atoms with Gasteiger partial charge in [0.05, 0.1) is 17.6 Å². The molecular weight excluding hydrogens is 420 g/mol. The summed E-state index contributed by atoms with van der Waals surface area (Å²) in [6.07, 6.45) is 1.04. The highest BCUT2D eigenvalue weighted by Gasteiger charge is 2.22. The third-order valence-corrected chi connectivity index (χ3v) is 6.20. The molecule has 1 N–H and O–H groups in total. The van der Waals surface area contributed by atoms with Crippen LogP contribution in [-0.4, -0.2) is 20.6 Å². The number of aromatic nitrogens is 2. The SMILES string of the molecule is CC(C)Cc1ccc(C(C)c2nc3c(C(=O)O)cccc3n2Cc2ccccc2Cl)cc1. The monoisotopic (exact) mass is 446 g/mol. The summed E-state index contributed by atoms with van der Waals surface area (Å²) in [6.45, 7) is 7.06. The van der Waals surface area contributed by atoms with Gasteiger partial charge < -0.3 is 9.67 Å². The van der Waals surface area contributed by atoms with Crippen LogP contribution in [0.25, 0.3) is 11.0 Å². The highest BCUT2D eigenvalue weighted by Crippen LogP contribution is 2.31. The number of hydrogen-bond acceptors (Lipinski definition) is 2. The predicted molar refractivity (Wildman–Crippen MR) is 130 cm³/mol. The van der Waals surface area contributed by atoms with Crippen LogP contribution in [0.2, 0.25) is 5.02 Å². The second-order valence-corrected chi connectivity index (χ2v) is 9.09. The van der Waals surface area contributed by atoms with Gasteiger partial charge in [0.2, 0.25) is 0 Å². The first-order chi connectivity index (χ1) is 15.3. The van der Waals surface area contributed by atoms with E-state index in [0.29, 0.717) is 23.0 Å². The van der Waals surface area contributed by atoms with E-state index in [1.165, 1.54) is 5.56 Å². The van der Waals surface area contributed by atoms with Crippen LogP contribution in [0.3, 0.4) is 0 Å². The van der Waals surface area contributed by atoms with Crippen molar-refractivity contribution in [3.05, 3.63) is 99.8 Å². The maximum Gasteiger partial charge on any atom is 0.337 e. The molecule has 0 aliphatic rings. The second-order valence-electron chi connectivity index (χ2n) is 8.69. The van der Waals surface area contributed by atoms with Crippen LogP contribution in [0.1, 0.15) is 59.6 Å². The molecule has 0 bridgehead atoms. The lowest BCUT2D eigenvalue weighted by atomic mass is 9.96. The maximum absolute atomic E-state index is 11.8. The van der Waals surface area contributed by atoms with Crippen molar-refractivity contribution in [2.45, 2.75) is 39.7 Å². The van der Waals surface area contributed by atoms with E-state index in [9.17, 15) is 9.90 Å². The zero-order chi connectivity index (χ0) is 22.8. The van der Waals surface area contributed by atoms with Crippen LogP contribution in [0, 0.1) is 5.92 Å². The summed E-state index contributed by atoms with van der Waals surface area (Å²) in [5.74, 6) is 0.438. The highest BCUT2D eigenvalue weighted by atomic mass is 35.5. The Balaban J connectivity index is 1.82. The molecule has 4 aromatic rings. The number of rotatable bonds is 7. The van der Waals surface area contributed by atoms with Gasteiger partial charge in [-0.3, -0.25) is 0 Å². The van der Waals surface area contributed by atoms with Gasteiger partial charge in [-0.2, -0.15) is 0 Å². The van der Waals surface area contributed by atoms with E-state index in [1.54, 1.807) is 12.1 Å². The summed E-state index contributed by atoms with van der Waals surface area (Å²) in [6, 6.07) is 21.7. The lowest BCUT2D eigenvalue weighted by Crippen LogP contribution is -2.10. The van der Waals surface area contributed by atoms with Crippen molar-refractivity contribution in [3.63, 3.8) is 0 Å². The highest BCUT2D eigenvalue weighted by molar-refractivity contribution is 6.31. The van der Waals surface area contributed by atoms with Gasteiger partial charge in [0, 0.05) is 10.9 Å². The standard InChI is InChI=1S/C27H27ClN2O2/c1-17(2)15-19-11-13-20(14-12-19)18(3)26-29-25-22(27(31)32)8-6-10-24(25)30(26)16-21-7-4-5-9-23(21)28/h4-14,17-18H,15-16H2,1-3H3,(H,31,32). The lowest BCUT2D eigenvalue weighted by molar-refractivity contribution is 0.0699. The Morgan fingerprint density at radius 1 is 1.00 bits per heavy atom. The molecule has 1 unspecified atom stereocenters. The maximum atomic E-state index is 11.8. The van der Waals surface area contributed by atoms with Gasteiger partial charge in [-0.05, 0) is 47.2 Å². The van der Waals surface area contributed by atoms with Crippen molar-refractivity contribution in [1.82, 2.24) is 9.55 Å². The first-order valence-corrected chi connectivity index (χ1v) is 11.3. The molecule has 1 atom stereocenters. The third kappa shape index (κ3) is 4.42. The minimum atomic E-state index is -0.977. The van der Waals surface area contributed by atoms with E-state index in [4.69, 9.17) is 16.6 Å². The van der Waals surface area contributed by atoms with Crippen LogP contribution < -0.4 is 0 Å². The molecule has 0 spiro atoms. The van der Waals surface area contributed by atoms with Gasteiger partial charge in [-0.1, -0.05) is 80.9 Å². The molecule has 0 radical (unpaired) electrons. The van der Waals surface area contributed by atoms with Gasteiger partial charge in [0.1, 0.15) is 11.3 Å². The molecular formula is C27H27ClN2O2. The zero-order valence-corrected chi connectivity index (χ0v) is 19.3. The molecule has 0 saturated carbocycles. The van der Waals surface area contributed by atoms with E-state index < -0.39 is 5.97 Å². The molecule has 164 valence electrons. The predicted octanol–water partition coefficient (Wildman–Crippen LogP) is 6.79. The molecule has 32 heavy (non-hydrogen) atoms. The summed E-state index contributed by atoms with van der Waals surface area (Å²) in [5, 5.41) is 10.4. The number of hydrogen-bond donors (Lipinski definition) is 1. The molecule has 0 aliphatic heterocycles. The van der Waals surface area contributed by atoms with Crippen molar-refractivity contribution in [3.8, 4) is 0 Å². The average molecular weight is 447 g/mol. The van der Waals surface area contributed by atoms with Gasteiger partial charge >= 0.3 is 5.97 Å². The molecule has 4 nitrogen and oxygen atoms in total. The van der Waals surface area contributed by atoms with E-state index in [0.717, 1.165) is 28.9 Å². The van der Waals surface area contributed by atoms with Crippen LogP contribution in [0.4, 0.5) is 0 Å². The first kappa shape index (κ1) is 22.1. The minimum absolute atomic E-state index is 0.0142. The summed E-state index contributed by atoms with van der Waals surface area (Å²) >= 11 is 6.45. The number of benzene rings is 3. The number of carboxylic acid groups (broad SMARTS) is 1. The fourth-order valence-corrected chi connectivity index (χ4v) is 4.39. The molecule has 0 amide bonds. The second kappa shape index (κ2) is 9.17. The lowest BCUT2D eigenvalue weighted by Gasteiger charge is -2.17. The Morgan fingerprint density at radius 2 is 1.72 bits per heavy atom. The Hall–Kier alpha value is -3.11. The van der Waals surface area contributed by atoms with Crippen LogP contribution in [-0.2, 0) is 13.0 Å². The molecule has 4 rings (SSSR count). The van der Waals surface area contributed by atoms with Crippen molar-refractivity contribution >= 4 is 28.6 Å². The Kier molecular flexibility index (Phi) is 6.33. The van der Waals surface area contributed by atoms with Gasteiger partial charge in [-0.15, -0.1) is 0 Å². The molecule has 0 fully saturated rings. The fraction of sp³-hybridized carbons (Fsp3) is 0.259. The number of imidazole rings is 1. The average Bonchev–Trinajstić information content (AvgIpc) is 3.13. The zero-order valence-electron chi connectivity index (χ0n) is 18.5. The van der Waals surface area contributed by atoms with Crippen LogP contribution in [0.15, 0.2) is 66.7 Å². The smallest absolute Gasteiger partial charge is 0.337 e. The van der Waals surface area contributed by atoms with Crippen molar-refractivity contribution in [2.24, 2.45) is 5.92 Å². The first-order valence-electron chi connectivity index (χ1n) is 10.9. The minimum Gasteiger partial charge on any atom is -0.478 e. The molecule has 1 heterocycles. The van der Waals surface area contributed by atoms with Crippen LogP contribution in [0.5, 0.6) is 0 Å². The Bertz CT molecular complexity index is 1260. The Labute approximate surface area is 193 Å². The summed E-state index contributed by atoms with van der Waals surface area (Å²) < 4.78 is 2.09. The summed E-state index contributed by atoms with van der Waals surface area (Å²) in [4.78, 5) is 16.7. The van der Waals surface area contributed by atoms with Gasteiger partial charge in [0.15, 0.2) is 0 Å². The Morgan fingerprint density at radius 3 is 2.38 bits per heavy atom. The van der Waals surface area contributed by atoms with E-state index in [2.05, 4.69) is 49.6 Å². The molecule has 5 heteroatoms. The van der Waals surface area contributed by atoms with Crippen molar-refractivity contribution < 1.29 is 9.90 Å². The van der Waals surface area contributed by atoms with Crippen molar-refractivity contribution in [2.75, 3.05) is 0 Å². The van der Waals surface area contributed by atoms with E-state index in [1.807, 2.05) is 30.3 Å². The third-order valence-electron chi connectivity index (χ3n) is 5.84. The quantitative estimate of drug-likeness (QED) is 0.340. The number of carboxylic acids is 1. The number of para-hydroxylation sites is 1. The number of aromatic carboxylic acids is 1. The molecule has 0 aliphatic carbocycles. The van der Waals surface area contributed by atoms with Crippen LogP contribution >= 0.6 is 11.6 Å².